The third-order valence-electron chi connectivity index (χ3n) is 1.75. The SMILES string of the molecule is Cc1cc(NC(=O)C(=O)NN)ccc1Br. The van der Waals surface area contributed by atoms with Gasteiger partial charge in [-0.15, -0.1) is 0 Å². The first-order valence-electron chi connectivity index (χ1n) is 4.12. The molecule has 1 aromatic rings. The van der Waals surface area contributed by atoms with E-state index in [1.165, 1.54) is 0 Å². The Morgan fingerprint density at radius 3 is 2.53 bits per heavy atom. The molecule has 1 aromatic carbocycles. The molecule has 6 heteroatoms. The Morgan fingerprint density at radius 1 is 1.33 bits per heavy atom. The number of rotatable bonds is 1. The van der Waals surface area contributed by atoms with Crippen molar-refractivity contribution in [2.24, 2.45) is 5.84 Å². The summed E-state index contributed by atoms with van der Waals surface area (Å²) in [4.78, 5) is 21.9. The van der Waals surface area contributed by atoms with E-state index in [0.29, 0.717) is 5.69 Å². The fourth-order valence-electron chi connectivity index (χ4n) is 0.976. The van der Waals surface area contributed by atoms with Gasteiger partial charge < -0.3 is 5.32 Å². The second kappa shape index (κ2) is 4.90. The van der Waals surface area contributed by atoms with Gasteiger partial charge in [0.05, 0.1) is 0 Å². The topological polar surface area (TPSA) is 84.2 Å². The summed E-state index contributed by atoms with van der Waals surface area (Å²) >= 11 is 3.33. The average molecular weight is 272 g/mol. The molecule has 0 aliphatic heterocycles. The van der Waals surface area contributed by atoms with Crippen LogP contribution in [0.1, 0.15) is 5.56 Å². The fourth-order valence-corrected chi connectivity index (χ4v) is 1.22. The van der Waals surface area contributed by atoms with Crippen LogP contribution in [-0.4, -0.2) is 11.8 Å². The molecule has 0 atom stereocenters. The lowest BCUT2D eigenvalue weighted by Crippen LogP contribution is -2.39. The minimum atomic E-state index is -0.879. The van der Waals surface area contributed by atoms with E-state index in [0.717, 1.165) is 10.0 Å². The molecule has 0 spiro atoms. The average Bonchev–Trinajstić information content (AvgIpc) is 2.22. The summed E-state index contributed by atoms with van der Waals surface area (Å²) in [6, 6.07) is 5.20. The molecule has 0 radical (unpaired) electrons. The van der Waals surface area contributed by atoms with E-state index >= 15 is 0 Å². The van der Waals surface area contributed by atoms with Gasteiger partial charge in [-0.2, -0.15) is 0 Å². The van der Waals surface area contributed by atoms with E-state index in [9.17, 15) is 9.59 Å². The molecular weight excluding hydrogens is 262 g/mol. The van der Waals surface area contributed by atoms with Crippen LogP contribution in [0.5, 0.6) is 0 Å². The van der Waals surface area contributed by atoms with Crippen molar-refractivity contribution in [1.82, 2.24) is 5.43 Å². The van der Waals surface area contributed by atoms with Crippen molar-refractivity contribution in [3.05, 3.63) is 28.2 Å². The highest BCUT2D eigenvalue weighted by Gasteiger charge is 2.11. The summed E-state index contributed by atoms with van der Waals surface area (Å²) in [5.41, 5.74) is 3.26. The molecule has 0 saturated heterocycles. The van der Waals surface area contributed by atoms with Crippen LogP contribution in [0.25, 0.3) is 0 Å². The van der Waals surface area contributed by atoms with Gasteiger partial charge in [0.25, 0.3) is 0 Å². The van der Waals surface area contributed by atoms with Crippen molar-refractivity contribution in [2.45, 2.75) is 6.92 Å². The molecule has 0 aromatic heterocycles. The molecule has 0 aliphatic rings. The minimum Gasteiger partial charge on any atom is -0.318 e. The van der Waals surface area contributed by atoms with Crippen molar-refractivity contribution in [3.63, 3.8) is 0 Å². The monoisotopic (exact) mass is 271 g/mol. The molecule has 80 valence electrons. The maximum Gasteiger partial charge on any atom is 0.323 e. The molecule has 15 heavy (non-hydrogen) atoms. The fraction of sp³-hybridized carbons (Fsp3) is 0.111. The number of amides is 2. The Morgan fingerprint density at radius 2 is 2.00 bits per heavy atom. The number of halogens is 1. The van der Waals surface area contributed by atoms with Gasteiger partial charge in [0, 0.05) is 10.2 Å². The Balaban J connectivity index is 2.77. The van der Waals surface area contributed by atoms with Crippen LogP contribution in [0, 0.1) is 6.92 Å². The second-order valence-electron chi connectivity index (χ2n) is 2.89. The third-order valence-corrected chi connectivity index (χ3v) is 2.64. The Labute approximate surface area is 95.1 Å². The molecule has 0 unspecified atom stereocenters. The number of hydrazine groups is 1. The van der Waals surface area contributed by atoms with Gasteiger partial charge in [0.2, 0.25) is 0 Å². The van der Waals surface area contributed by atoms with Crippen molar-refractivity contribution in [3.8, 4) is 0 Å². The maximum absolute atomic E-state index is 11.1. The van der Waals surface area contributed by atoms with Crippen LogP contribution >= 0.6 is 15.9 Å². The van der Waals surface area contributed by atoms with E-state index < -0.39 is 11.8 Å². The van der Waals surface area contributed by atoms with Gasteiger partial charge in [-0.3, -0.25) is 15.0 Å². The van der Waals surface area contributed by atoms with Gasteiger partial charge in [-0.25, -0.2) is 5.84 Å². The summed E-state index contributed by atoms with van der Waals surface area (Å²) < 4.78 is 0.934. The smallest absolute Gasteiger partial charge is 0.318 e. The summed E-state index contributed by atoms with van der Waals surface area (Å²) in [6.45, 7) is 1.88. The zero-order valence-corrected chi connectivity index (χ0v) is 9.59. The van der Waals surface area contributed by atoms with Crippen LogP contribution in [0.15, 0.2) is 22.7 Å². The standard InChI is InChI=1S/C9H10BrN3O2/c1-5-4-6(2-3-7(5)10)12-8(14)9(15)13-11/h2-4H,11H2,1H3,(H,12,14)(H,13,15). The highest BCUT2D eigenvalue weighted by Crippen LogP contribution is 2.19. The first-order valence-corrected chi connectivity index (χ1v) is 4.92. The van der Waals surface area contributed by atoms with E-state index in [-0.39, 0.29) is 0 Å². The number of carbonyl (C=O) groups excluding carboxylic acids is 2. The van der Waals surface area contributed by atoms with Gasteiger partial charge in [0.1, 0.15) is 0 Å². The molecule has 5 nitrogen and oxygen atoms in total. The van der Waals surface area contributed by atoms with Gasteiger partial charge in [0.15, 0.2) is 0 Å². The highest BCUT2D eigenvalue weighted by molar-refractivity contribution is 9.10. The van der Waals surface area contributed by atoms with Gasteiger partial charge in [-0.1, -0.05) is 15.9 Å². The molecule has 0 heterocycles. The van der Waals surface area contributed by atoms with Crippen molar-refractivity contribution >= 4 is 33.4 Å². The zero-order valence-electron chi connectivity index (χ0n) is 8.00. The van der Waals surface area contributed by atoms with Crippen molar-refractivity contribution in [2.75, 3.05) is 5.32 Å². The molecule has 0 aliphatic carbocycles. The Bertz CT molecular complexity index is 406. The minimum absolute atomic E-state index is 0.546. The Kier molecular flexibility index (Phi) is 3.81. The number of hydrogen-bond donors (Lipinski definition) is 3. The van der Waals surface area contributed by atoms with Crippen molar-refractivity contribution in [1.29, 1.82) is 0 Å². The molecular formula is C9H10BrN3O2. The number of anilines is 1. The number of nitrogens with one attached hydrogen (secondary N) is 2. The lowest BCUT2D eigenvalue weighted by molar-refractivity contribution is -0.136. The lowest BCUT2D eigenvalue weighted by Gasteiger charge is -2.05. The quantitative estimate of drug-likeness (QED) is 0.304. The number of hydrogen-bond acceptors (Lipinski definition) is 3. The summed E-state index contributed by atoms with van der Waals surface area (Å²) in [7, 11) is 0. The summed E-state index contributed by atoms with van der Waals surface area (Å²) in [5, 5.41) is 2.41. The van der Waals surface area contributed by atoms with Crippen LogP contribution in [0.3, 0.4) is 0 Å². The predicted molar refractivity (Wildman–Crippen MR) is 59.8 cm³/mol. The Hall–Kier alpha value is -1.40. The maximum atomic E-state index is 11.1. The normalized spacial score (nSPS) is 9.53. The van der Waals surface area contributed by atoms with E-state index in [4.69, 9.17) is 5.84 Å². The number of aryl methyl sites for hydroxylation is 1. The predicted octanol–water partition coefficient (Wildman–Crippen LogP) is 0.686. The van der Waals surface area contributed by atoms with Crippen molar-refractivity contribution < 1.29 is 9.59 Å². The van der Waals surface area contributed by atoms with E-state index in [1.54, 1.807) is 23.6 Å². The summed E-state index contributed by atoms with van der Waals surface area (Å²) in [5.74, 6) is 3.14. The van der Waals surface area contributed by atoms with E-state index in [2.05, 4.69) is 21.2 Å². The largest absolute Gasteiger partial charge is 0.323 e. The number of carbonyl (C=O) groups is 2. The third kappa shape index (κ3) is 3.03. The first-order chi connectivity index (χ1) is 7.04. The molecule has 2 amide bonds. The van der Waals surface area contributed by atoms with Crippen LogP contribution < -0.4 is 16.6 Å². The number of benzene rings is 1. The second-order valence-corrected chi connectivity index (χ2v) is 3.75. The van der Waals surface area contributed by atoms with Gasteiger partial charge in [-0.05, 0) is 30.7 Å². The molecule has 1 rings (SSSR count). The highest BCUT2D eigenvalue weighted by atomic mass is 79.9. The number of nitrogens with two attached hydrogens (primary N) is 1. The van der Waals surface area contributed by atoms with Crippen LogP contribution in [0.4, 0.5) is 5.69 Å². The van der Waals surface area contributed by atoms with Gasteiger partial charge >= 0.3 is 11.8 Å². The molecule has 0 fully saturated rings. The molecule has 0 bridgehead atoms. The summed E-state index contributed by atoms with van der Waals surface area (Å²) in [6.07, 6.45) is 0. The molecule has 0 saturated carbocycles. The van der Waals surface area contributed by atoms with Crippen LogP contribution in [-0.2, 0) is 9.59 Å². The first kappa shape index (κ1) is 11.7. The van der Waals surface area contributed by atoms with E-state index in [1.807, 2.05) is 6.92 Å². The molecule has 4 N–H and O–H groups in total. The zero-order chi connectivity index (χ0) is 11.4. The lowest BCUT2D eigenvalue weighted by atomic mass is 10.2. The van der Waals surface area contributed by atoms with Crippen LogP contribution in [0.2, 0.25) is 0 Å².